The minimum absolute atomic E-state index is 0.633. The Morgan fingerprint density at radius 1 is 1.39 bits per heavy atom. The van der Waals surface area contributed by atoms with Crippen LogP contribution in [0.25, 0.3) is 11.0 Å². The number of imidazole rings is 1. The van der Waals surface area contributed by atoms with Crippen LogP contribution < -0.4 is 5.73 Å². The van der Waals surface area contributed by atoms with Crippen LogP contribution in [0.3, 0.4) is 0 Å². The monoisotopic (exact) mass is 244 g/mol. The lowest BCUT2D eigenvalue weighted by Crippen LogP contribution is -2.39. The van der Waals surface area contributed by atoms with Crippen molar-refractivity contribution < 1.29 is 0 Å². The van der Waals surface area contributed by atoms with Gasteiger partial charge in [-0.25, -0.2) is 4.98 Å². The van der Waals surface area contributed by atoms with Crippen molar-refractivity contribution in [3.8, 4) is 0 Å². The molecule has 1 fully saturated rings. The van der Waals surface area contributed by atoms with Crippen LogP contribution in [-0.4, -0.2) is 34.1 Å². The van der Waals surface area contributed by atoms with Crippen molar-refractivity contribution in [2.75, 3.05) is 19.3 Å². The molecule has 3 rings (SSSR count). The average molecular weight is 244 g/mol. The van der Waals surface area contributed by atoms with Gasteiger partial charge in [0.05, 0.1) is 17.4 Å². The molecule has 1 aliphatic rings. The Kier molecular flexibility index (Phi) is 2.96. The van der Waals surface area contributed by atoms with E-state index in [1.807, 2.05) is 18.5 Å². The van der Waals surface area contributed by atoms with Crippen molar-refractivity contribution in [1.82, 2.24) is 14.5 Å². The van der Waals surface area contributed by atoms with Gasteiger partial charge in [0.25, 0.3) is 0 Å². The van der Waals surface area contributed by atoms with Crippen LogP contribution in [0.1, 0.15) is 19.3 Å². The fourth-order valence-corrected chi connectivity index (χ4v) is 2.83. The van der Waals surface area contributed by atoms with Gasteiger partial charge < -0.3 is 15.2 Å². The molecule has 4 heteroatoms. The van der Waals surface area contributed by atoms with Gasteiger partial charge in [0.2, 0.25) is 0 Å². The maximum Gasteiger partial charge on any atom is 0.0958 e. The third-order valence-electron chi connectivity index (χ3n) is 3.97. The number of anilines is 1. The first-order valence-electron chi connectivity index (χ1n) is 6.64. The first kappa shape index (κ1) is 11.5. The molecule has 1 aliphatic heterocycles. The highest BCUT2D eigenvalue weighted by Gasteiger charge is 2.19. The largest absolute Gasteiger partial charge is 0.399 e. The minimum atomic E-state index is 0.633. The molecule has 1 atom stereocenters. The Bertz CT molecular complexity index is 546. The zero-order valence-electron chi connectivity index (χ0n) is 10.8. The van der Waals surface area contributed by atoms with Gasteiger partial charge in [0.15, 0.2) is 0 Å². The minimum Gasteiger partial charge on any atom is -0.399 e. The first-order chi connectivity index (χ1) is 8.74. The lowest BCUT2D eigenvalue weighted by molar-refractivity contribution is 0.168. The molecule has 1 aromatic heterocycles. The molecule has 0 saturated carbocycles. The number of piperidine rings is 1. The summed E-state index contributed by atoms with van der Waals surface area (Å²) >= 11 is 0. The van der Waals surface area contributed by atoms with Gasteiger partial charge in [-0.1, -0.05) is 6.42 Å². The summed E-state index contributed by atoms with van der Waals surface area (Å²) in [5.41, 5.74) is 8.74. The number of hydrogen-bond acceptors (Lipinski definition) is 3. The zero-order chi connectivity index (χ0) is 12.5. The predicted octanol–water partition coefficient (Wildman–Crippen LogP) is 2.10. The number of nitrogen functional groups attached to an aromatic ring is 1. The number of nitrogens with zero attached hydrogens (tertiary/aromatic N) is 3. The second kappa shape index (κ2) is 4.61. The maximum absolute atomic E-state index is 5.78. The second-order valence-corrected chi connectivity index (χ2v) is 5.28. The van der Waals surface area contributed by atoms with E-state index in [-0.39, 0.29) is 0 Å². The van der Waals surface area contributed by atoms with Crippen LogP contribution in [0.2, 0.25) is 0 Å². The van der Waals surface area contributed by atoms with E-state index < -0.39 is 0 Å². The fraction of sp³-hybridized carbons (Fsp3) is 0.500. The molecule has 0 amide bonds. The van der Waals surface area contributed by atoms with Gasteiger partial charge in [-0.05, 0) is 44.6 Å². The average Bonchev–Trinajstić information content (AvgIpc) is 2.74. The summed E-state index contributed by atoms with van der Waals surface area (Å²) in [5.74, 6) is 0. The third kappa shape index (κ3) is 2.08. The van der Waals surface area contributed by atoms with Crippen molar-refractivity contribution in [3.63, 3.8) is 0 Å². The van der Waals surface area contributed by atoms with Crippen LogP contribution in [0.5, 0.6) is 0 Å². The molecule has 0 aliphatic carbocycles. The van der Waals surface area contributed by atoms with Gasteiger partial charge in [-0.15, -0.1) is 0 Å². The summed E-state index contributed by atoms with van der Waals surface area (Å²) in [5, 5.41) is 0. The lowest BCUT2D eigenvalue weighted by Gasteiger charge is -2.32. The van der Waals surface area contributed by atoms with Gasteiger partial charge in [0.1, 0.15) is 0 Å². The molecule has 0 spiro atoms. The van der Waals surface area contributed by atoms with Gasteiger partial charge in [0, 0.05) is 18.3 Å². The van der Waals surface area contributed by atoms with Crippen molar-refractivity contribution in [1.29, 1.82) is 0 Å². The highest BCUT2D eigenvalue weighted by Crippen LogP contribution is 2.20. The van der Waals surface area contributed by atoms with E-state index in [4.69, 9.17) is 5.73 Å². The molecule has 18 heavy (non-hydrogen) atoms. The van der Waals surface area contributed by atoms with Gasteiger partial charge in [-0.3, -0.25) is 0 Å². The Labute approximate surface area is 107 Å². The second-order valence-electron chi connectivity index (χ2n) is 5.28. The molecule has 96 valence electrons. The topological polar surface area (TPSA) is 47.1 Å². The summed E-state index contributed by atoms with van der Waals surface area (Å²) in [7, 11) is 2.22. The molecule has 2 N–H and O–H groups in total. The fourth-order valence-electron chi connectivity index (χ4n) is 2.83. The molecule has 0 radical (unpaired) electrons. The number of likely N-dealkylation sites (N-methyl/N-ethyl adjacent to an activating group) is 1. The molecular formula is C14H20N4. The summed E-state index contributed by atoms with van der Waals surface area (Å²) in [6.45, 7) is 2.24. The van der Waals surface area contributed by atoms with Crippen molar-refractivity contribution in [3.05, 3.63) is 24.5 Å². The first-order valence-corrected chi connectivity index (χ1v) is 6.64. The van der Waals surface area contributed by atoms with Crippen LogP contribution >= 0.6 is 0 Å². The SMILES string of the molecule is CN1CCCCC1Cn1cnc2cc(N)ccc21. The summed E-state index contributed by atoms with van der Waals surface area (Å²) in [6, 6.07) is 6.59. The number of likely N-dealkylation sites (tertiary alicyclic amines) is 1. The van der Waals surface area contributed by atoms with E-state index in [2.05, 4.69) is 27.6 Å². The molecule has 0 bridgehead atoms. The van der Waals surface area contributed by atoms with Crippen LogP contribution in [-0.2, 0) is 6.54 Å². The summed E-state index contributed by atoms with van der Waals surface area (Å²) in [6.07, 6.45) is 5.89. The Balaban J connectivity index is 1.86. The molecule has 2 heterocycles. The standard InChI is InChI=1S/C14H20N4/c1-17-7-3-2-4-12(17)9-18-10-16-13-8-11(15)5-6-14(13)18/h5-6,8,10,12H,2-4,7,9,15H2,1H3. The highest BCUT2D eigenvalue weighted by atomic mass is 15.2. The molecule has 2 aromatic rings. The van der Waals surface area contributed by atoms with E-state index in [0.717, 1.165) is 17.7 Å². The number of aromatic nitrogens is 2. The predicted molar refractivity (Wildman–Crippen MR) is 74.4 cm³/mol. The quantitative estimate of drug-likeness (QED) is 0.823. The maximum atomic E-state index is 5.78. The number of rotatable bonds is 2. The number of fused-ring (bicyclic) bond motifs is 1. The van der Waals surface area contributed by atoms with Gasteiger partial charge in [-0.2, -0.15) is 0 Å². The van der Waals surface area contributed by atoms with E-state index in [1.165, 1.54) is 31.3 Å². The molecule has 1 saturated heterocycles. The molecule has 1 aromatic carbocycles. The summed E-state index contributed by atoms with van der Waals surface area (Å²) in [4.78, 5) is 6.90. The van der Waals surface area contributed by atoms with Crippen molar-refractivity contribution in [2.24, 2.45) is 0 Å². The number of benzene rings is 1. The van der Waals surface area contributed by atoms with E-state index in [0.29, 0.717) is 6.04 Å². The van der Waals surface area contributed by atoms with Crippen LogP contribution in [0.4, 0.5) is 5.69 Å². The number of nitrogens with two attached hydrogens (primary N) is 1. The normalized spacial score (nSPS) is 21.5. The molecule has 1 unspecified atom stereocenters. The van der Waals surface area contributed by atoms with E-state index in [9.17, 15) is 0 Å². The Morgan fingerprint density at radius 2 is 2.28 bits per heavy atom. The Hall–Kier alpha value is -1.55. The van der Waals surface area contributed by atoms with E-state index >= 15 is 0 Å². The zero-order valence-corrected chi connectivity index (χ0v) is 10.8. The number of hydrogen-bond donors (Lipinski definition) is 1. The highest BCUT2D eigenvalue weighted by molar-refractivity contribution is 5.78. The van der Waals surface area contributed by atoms with E-state index in [1.54, 1.807) is 0 Å². The van der Waals surface area contributed by atoms with Crippen LogP contribution in [0, 0.1) is 0 Å². The van der Waals surface area contributed by atoms with Gasteiger partial charge >= 0.3 is 0 Å². The van der Waals surface area contributed by atoms with Crippen LogP contribution in [0.15, 0.2) is 24.5 Å². The third-order valence-corrected chi connectivity index (χ3v) is 3.97. The smallest absolute Gasteiger partial charge is 0.0958 e. The lowest BCUT2D eigenvalue weighted by atomic mass is 10.0. The Morgan fingerprint density at radius 3 is 3.11 bits per heavy atom. The van der Waals surface area contributed by atoms with Crippen molar-refractivity contribution >= 4 is 16.7 Å². The van der Waals surface area contributed by atoms with Crippen molar-refractivity contribution in [2.45, 2.75) is 31.8 Å². The molecular weight excluding hydrogens is 224 g/mol. The summed E-state index contributed by atoms with van der Waals surface area (Å²) < 4.78 is 2.25. The molecule has 4 nitrogen and oxygen atoms in total.